The van der Waals surface area contributed by atoms with Crippen LogP contribution in [-0.2, 0) is 6.54 Å². The SMILES string of the molecule is CCC(=O)c1ccc(Br)c(CN)c1. The van der Waals surface area contributed by atoms with Gasteiger partial charge < -0.3 is 5.73 Å². The number of halogens is 1. The number of carbonyl (C=O) groups is 1. The summed E-state index contributed by atoms with van der Waals surface area (Å²) >= 11 is 3.37. The van der Waals surface area contributed by atoms with Crippen LogP contribution < -0.4 is 5.73 Å². The minimum Gasteiger partial charge on any atom is -0.326 e. The molecule has 0 radical (unpaired) electrons. The molecule has 0 amide bonds. The van der Waals surface area contributed by atoms with Gasteiger partial charge in [-0.1, -0.05) is 28.9 Å². The molecule has 1 rings (SSSR count). The maximum Gasteiger partial charge on any atom is 0.162 e. The predicted octanol–water partition coefficient (Wildman–Crippen LogP) is 2.50. The highest BCUT2D eigenvalue weighted by Gasteiger charge is 2.05. The van der Waals surface area contributed by atoms with Crippen LogP contribution in [0.3, 0.4) is 0 Å². The van der Waals surface area contributed by atoms with Crippen LogP contribution in [0, 0.1) is 0 Å². The third-order valence-corrected chi connectivity index (χ3v) is 2.68. The molecule has 0 heterocycles. The number of Topliss-reactive ketones (excluding diaryl/α,β-unsaturated/α-hetero) is 1. The summed E-state index contributed by atoms with van der Waals surface area (Å²) in [5, 5.41) is 0. The van der Waals surface area contributed by atoms with Crippen LogP contribution in [0.5, 0.6) is 0 Å². The van der Waals surface area contributed by atoms with Gasteiger partial charge in [0.1, 0.15) is 0 Å². The van der Waals surface area contributed by atoms with Gasteiger partial charge in [-0.3, -0.25) is 4.79 Å². The first kappa shape index (κ1) is 10.4. The van der Waals surface area contributed by atoms with Crippen molar-refractivity contribution in [2.45, 2.75) is 19.9 Å². The van der Waals surface area contributed by atoms with Crippen LogP contribution in [-0.4, -0.2) is 5.78 Å². The Morgan fingerprint density at radius 2 is 2.23 bits per heavy atom. The van der Waals surface area contributed by atoms with Crippen molar-refractivity contribution in [3.63, 3.8) is 0 Å². The fourth-order valence-corrected chi connectivity index (χ4v) is 1.52. The van der Waals surface area contributed by atoms with Gasteiger partial charge in [0.25, 0.3) is 0 Å². The van der Waals surface area contributed by atoms with Crippen molar-refractivity contribution in [3.05, 3.63) is 33.8 Å². The normalized spacial score (nSPS) is 10.1. The molecule has 0 spiro atoms. The number of rotatable bonds is 3. The Hall–Kier alpha value is -0.670. The van der Waals surface area contributed by atoms with Crippen LogP contribution >= 0.6 is 15.9 Å². The third-order valence-electron chi connectivity index (χ3n) is 1.91. The van der Waals surface area contributed by atoms with Crippen molar-refractivity contribution in [3.8, 4) is 0 Å². The van der Waals surface area contributed by atoms with E-state index in [0.29, 0.717) is 13.0 Å². The predicted molar refractivity (Wildman–Crippen MR) is 56.7 cm³/mol. The number of carbonyl (C=O) groups excluding carboxylic acids is 1. The Kier molecular flexibility index (Phi) is 3.63. The highest BCUT2D eigenvalue weighted by molar-refractivity contribution is 9.10. The third kappa shape index (κ3) is 2.39. The Morgan fingerprint density at radius 3 is 2.77 bits per heavy atom. The first-order valence-corrected chi connectivity index (χ1v) is 5.00. The second kappa shape index (κ2) is 4.53. The largest absolute Gasteiger partial charge is 0.326 e. The molecular formula is C10H12BrNO. The van der Waals surface area contributed by atoms with E-state index in [9.17, 15) is 4.79 Å². The van der Waals surface area contributed by atoms with Crippen molar-refractivity contribution in [1.82, 2.24) is 0 Å². The zero-order valence-electron chi connectivity index (χ0n) is 7.51. The lowest BCUT2D eigenvalue weighted by Crippen LogP contribution is -2.02. The fraction of sp³-hybridized carbons (Fsp3) is 0.300. The van der Waals surface area contributed by atoms with Crippen molar-refractivity contribution < 1.29 is 4.79 Å². The summed E-state index contributed by atoms with van der Waals surface area (Å²) in [6, 6.07) is 5.52. The molecule has 0 saturated carbocycles. The molecular weight excluding hydrogens is 230 g/mol. The van der Waals surface area contributed by atoms with Crippen molar-refractivity contribution in [1.29, 1.82) is 0 Å². The summed E-state index contributed by atoms with van der Waals surface area (Å²) in [6.07, 6.45) is 0.533. The van der Waals surface area contributed by atoms with E-state index in [4.69, 9.17) is 5.73 Å². The van der Waals surface area contributed by atoms with Crippen LogP contribution in [0.4, 0.5) is 0 Å². The van der Waals surface area contributed by atoms with Crippen molar-refractivity contribution in [2.24, 2.45) is 5.73 Å². The van der Waals surface area contributed by atoms with E-state index in [-0.39, 0.29) is 5.78 Å². The summed E-state index contributed by atoms with van der Waals surface area (Å²) in [7, 11) is 0. The minimum absolute atomic E-state index is 0.155. The van der Waals surface area contributed by atoms with Gasteiger partial charge in [-0.15, -0.1) is 0 Å². The Bertz CT molecular complexity index is 323. The highest BCUT2D eigenvalue weighted by Crippen LogP contribution is 2.18. The number of hydrogen-bond donors (Lipinski definition) is 1. The molecule has 0 aliphatic rings. The second-order valence-electron chi connectivity index (χ2n) is 2.79. The minimum atomic E-state index is 0.155. The monoisotopic (exact) mass is 241 g/mol. The first-order chi connectivity index (χ1) is 6.19. The van der Waals surface area contributed by atoms with Gasteiger partial charge in [0.2, 0.25) is 0 Å². The lowest BCUT2D eigenvalue weighted by Gasteiger charge is -2.03. The molecule has 0 atom stereocenters. The van der Waals surface area contributed by atoms with E-state index in [0.717, 1.165) is 15.6 Å². The molecule has 13 heavy (non-hydrogen) atoms. The molecule has 0 aliphatic carbocycles. The first-order valence-electron chi connectivity index (χ1n) is 4.20. The molecule has 0 aromatic heterocycles. The quantitative estimate of drug-likeness (QED) is 0.827. The average Bonchev–Trinajstić information content (AvgIpc) is 2.17. The maximum atomic E-state index is 11.3. The van der Waals surface area contributed by atoms with E-state index < -0.39 is 0 Å². The van der Waals surface area contributed by atoms with Crippen LogP contribution in [0.1, 0.15) is 29.3 Å². The molecule has 0 fully saturated rings. The Morgan fingerprint density at radius 1 is 1.54 bits per heavy atom. The molecule has 3 heteroatoms. The standard InChI is InChI=1S/C10H12BrNO/c1-2-10(13)7-3-4-9(11)8(5-7)6-12/h3-5H,2,6,12H2,1H3. The number of ketones is 1. The van der Waals surface area contributed by atoms with Crippen LogP contribution in [0.2, 0.25) is 0 Å². The molecule has 0 aliphatic heterocycles. The van der Waals surface area contributed by atoms with Crippen LogP contribution in [0.15, 0.2) is 22.7 Å². The fourth-order valence-electron chi connectivity index (χ4n) is 1.11. The average molecular weight is 242 g/mol. The van der Waals surface area contributed by atoms with E-state index in [2.05, 4.69) is 15.9 Å². The van der Waals surface area contributed by atoms with E-state index in [1.165, 1.54) is 0 Å². The molecule has 1 aromatic carbocycles. The van der Waals surface area contributed by atoms with Gasteiger partial charge in [0.05, 0.1) is 0 Å². The van der Waals surface area contributed by atoms with Gasteiger partial charge >= 0.3 is 0 Å². The number of benzene rings is 1. The summed E-state index contributed by atoms with van der Waals surface area (Å²) < 4.78 is 0.961. The summed E-state index contributed by atoms with van der Waals surface area (Å²) in [5.74, 6) is 0.155. The summed E-state index contributed by atoms with van der Waals surface area (Å²) in [6.45, 7) is 2.30. The molecule has 2 N–H and O–H groups in total. The zero-order chi connectivity index (χ0) is 9.84. The maximum absolute atomic E-state index is 11.3. The number of hydrogen-bond acceptors (Lipinski definition) is 2. The van der Waals surface area contributed by atoms with Gasteiger partial charge in [0.15, 0.2) is 5.78 Å². The molecule has 0 unspecified atom stereocenters. The van der Waals surface area contributed by atoms with Gasteiger partial charge in [0, 0.05) is 23.0 Å². The van der Waals surface area contributed by atoms with E-state index in [1.807, 2.05) is 25.1 Å². The lowest BCUT2D eigenvalue weighted by molar-refractivity contribution is 0.0988. The van der Waals surface area contributed by atoms with Gasteiger partial charge in [-0.2, -0.15) is 0 Å². The Balaban J connectivity index is 3.06. The van der Waals surface area contributed by atoms with Crippen molar-refractivity contribution in [2.75, 3.05) is 0 Å². The van der Waals surface area contributed by atoms with Crippen molar-refractivity contribution >= 4 is 21.7 Å². The molecule has 0 bridgehead atoms. The Labute approximate surface area is 86.3 Å². The summed E-state index contributed by atoms with van der Waals surface area (Å²) in [5.41, 5.74) is 7.23. The summed E-state index contributed by atoms with van der Waals surface area (Å²) in [4.78, 5) is 11.3. The lowest BCUT2D eigenvalue weighted by atomic mass is 10.1. The molecule has 1 aromatic rings. The smallest absolute Gasteiger partial charge is 0.162 e. The molecule has 70 valence electrons. The van der Waals surface area contributed by atoms with Gasteiger partial charge in [-0.25, -0.2) is 0 Å². The number of nitrogens with two attached hydrogens (primary N) is 1. The van der Waals surface area contributed by atoms with Gasteiger partial charge in [-0.05, 0) is 17.7 Å². The van der Waals surface area contributed by atoms with Crippen LogP contribution in [0.25, 0.3) is 0 Å². The topological polar surface area (TPSA) is 43.1 Å². The van der Waals surface area contributed by atoms with E-state index in [1.54, 1.807) is 0 Å². The second-order valence-corrected chi connectivity index (χ2v) is 3.64. The van der Waals surface area contributed by atoms with E-state index >= 15 is 0 Å². The zero-order valence-corrected chi connectivity index (χ0v) is 9.10. The molecule has 0 saturated heterocycles. The highest BCUT2D eigenvalue weighted by atomic mass is 79.9. The molecule has 2 nitrogen and oxygen atoms in total.